The summed E-state index contributed by atoms with van der Waals surface area (Å²) in [5.41, 5.74) is -8.08. The van der Waals surface area contributed by atoms with Gasteiger partial charge in [0.25, 0.3) is 0 Å². The van der Waals surface area contributed by atoms with Crippen LogP contribution in [0.1, 0.15) is 29.2 Å². The van der Waals surface area contributed by atoms with Gasteiger partial charge in [0.05, 0.1) is 16.7 Å². The van der Waals surface area contributed by atoms with E-state index in [2.05, 4.69) is 6.58 Å². The van der Waals surface area contributed by atoms with Crippen molar-refractivity contribution >= 4 is 5.57 Å². The number of halogens is 9. The monoisotopic (exact) mass is 322 g/mol. The van der Waals surface area contributed by atoms with Gasteiger partial charge in [-0.2, -0.15) is 39.5 Å². The predicted molar refractivity (Wildman–Crippen MR) is 56.2 cm³/mol. The summed E-state index contributed by atoms with van der Waals surface area (Å²) in [5.74, 6) is 0. The second-order valence-electron chi connectivity index (χ2n) is 4.22. The third-order valence-corrected chi connectivity index (χ3v) is 2.50. The number of rotatable bonds is 1. The van der Waals surface area contributed by atoms with Gasteiger partial charge in [0.15, 0.2) is 0 Å². The Kier molecular flexibility index (Phi) is 4.10. The molecule has 1 aromatic carbocycles. The molecule has 0 aromatic heterocycles. The number of hydrogen-bond acceptors (Lipinski definition) is 0. The SMILES string of the molecule is C=C(C)c1c(C(F)(F)F)cc(C(F)(F)F)cc1C(F)(F)F. The minimum absolute atomic E-state index is 0.348. The van der Waals surface area contributed by atoms with Crippen LogP contribution in [0.2, 0.25) is 0 Å². The summed E-state index contributed by atoms with van der Waals surface area (Å²) in [6, 6.07) is -0.696. The molecule has 0 bridgehead atoms. The van der Waals surface area contributed by atoms with Crippen molar-refractivity contribution in [2.24, 2.45) is 0 Å². The summed E-state index contributed by atoms with van der Waals surface area (Å²) >= 11 is 0. The summed E-state index contributed by atoms with van der Waals surface area (Å²) < 4.78 is 114. The molecule has 0 N–H and O–H groups in total. The van der Waals surface area contributed by atoms with E-state index in [1.165, 1.54) is 0 Å². The Balaban J connectivity index is 3.89. The molecule has 9 heteroatoms. The van der Waals surface area contributed by atoms with E-state index < -0.39 is 46.4 Å². The zero-order valence-electron chi connectivity index (χ0n) is 10.3. The molecule has 0 spiro atoms. The van der Waals surface area contributed by atoms with Crippen LogP contribution >= 0.6 is 0 Å². The molecule has 0 aliphatic carbocycles. The maximum Gasteiger partial charge on any atom is 0.417 e. The first-order valence-corrected chi connectivity index (χ1v) is 5.21. The number of benzene rings is 1. The molecular formula is C12H7F9. The Morgan fingerprint density at radius 1 is 0.762 bits per heavy atom. The Bertz CT molecular complexity index is 523. The highest BCUT2D eigenvalue weighted by atomic mass is 19.4. The van der Waals surface area contributed by atoms with Gasteiger partial charge in [0.2, 0.25) is 0 Å². The number of alkyl halides is 9. The topological polar surface area (TPSA) is 0 Å². The van der Waals surface area contributed by atoms with Crippen LogP contribution in [0.15, 0.2) is 18.7 Å². The molecule has 0 radical (unpaired) electrons. The predicted octanol–water partition coefficient (Wildman–Crippen LogP) is 5.78. The van der Waals surface area contributed by atoms with E-state index in [9.17, 15) is 39.5 Å². The smallest absolute Gasteiger partial charge is 0.166 e. The fourth-order valence-electron chi connectivity index (χ4n) is 1.71. The zero-order valence-corrected chi connectivity index (χ0v) is 10.3. The fourth-order valence-corrected chi connectivity index (χ4v) is 1.71. The van der Waals surface area contributed by atoms with Gasteiger partial charge in [-0.3, -0.25) is 0 Å². The molecule has 1 aromatic rings. The zero-order chi connectivity index (χ0) is 16.8. The Labute approximate surface area is 112 Å². The average molecular weight is 322 g/mol. The van der Waals surface area contributed by atoms with Crippen LogP contribution in [0.4, 0.5) is 39.5 Å². The Morgan fingerprint density at radius 2 is 1.10 bits per heavy atom. The van der Waals surface area contributed by atoms with Crippen molar-refractivity contribution in [1.29, 1.82) is 0 Å². The molecule has 21 heavy (non-hydrogen) atoms. The van der Waals surface area contributed by atoms with Crippen LogP contribution in [-0.4, -0.2) is 0 Å². The first-order chi connectivity index (χ1) is 9.15. The lowest BCUT2D eigenvalue weighted by Crippen LogP contribution is -2.19. The van der Waals surface area contributed by atoms with Crippen molar-refractivity contribution in [2.75, 3.05) is 0 Å². The average Bonchev–Trinajstić information content (AvgIpc) is 2.23. The van der Waals surface area contributed by atoms with Gasteiger partial charge in [-0.15, -0.1) is 0 Å². The minimum Gasteiger partial charge on any atom is -0.166 e. The molecule has 0 fully saturated rings. The van der Waals surface area contributed by atoms with Crippen LogP contribution in [-0.2, 0) is 18.5 Å². The molecule has 0 nitrogen and oxygen atoms in total. The lowest BCUT2D eigenvalue weighted by Gasteiger charge is -2.21. The molecule has 0 unspecified atom stereocenters. The number of allylic oxidation sites excluding steroid dienone is 1. The van der Waals surface area contributed by atoms with Crippen LogP contribution in [0.3, 0.4) is 0 Å². The van der Waals surface area contributed by atoms with E-state index in [1.807, 2.05) is 0 Å². The Morgan fingerprint density at radius 3 is 1.29 bits per heavy atom. The standard InChI is InChI=1S/C12H7F9/c1-5(2)9-7(11(16,17)18)3-6(10(13,14)15)4-8(9)12(19,20)21/h3-4H,1H2,2H3. The summed E-state index contributed by atoms with van der Waals surface area (Å²) in [7, 11) is 0. The molecule has 0 saturated heterocycles. The van der Waals surface area contributed by atoms with Crippen molar-refractivity contribution in [3.05, 3.63) is 41.0 Å². The fraction of sp³-hybridized carbons (Fsp3) is 0.333. The van der Waals surface area contributed by atoms with Crippen LogP contribution in [0, 0.1) is 0 Å². The van der Waals surface area contributed by atoms with Gasteiger partial charge in [-0.1, -0.05) is 6.58 Å². The molecule has 0 atom stereocenters. The third-order valence-electron chi connectivity index (χ3n) is 2.50. The van der Waals surface area contributed by atoms with Crippen molar-refractivity contribution in [3.8, 4) is 0 Å². The lowest BCUT2D eigenvalue weighted by molar-refractivity contribution is -0.148. The van der Waals surface area contributed by atoms with Crippen LogP contribution < -0.4 is 0 Å². The maximum atomic E-state index is 12.8. The summed E-state index contributed by atoms with van der Waals surface area (Å²) in [4.78, 5) is 0. The molecule has 0 aliphatic rings. The van der Waals surface area contributed by atoms with Crippen molar-refractivity contribution in [2.45, 2.75) is 25.5 Å². The van der Waals surface area contributed by atoms with E-state index in [-0.39, 0.29) is 12.1 Å². The van der Waals surface area contributed by atoms with Crippen LogP contribution in [0.5, 0.6) is 0 Å². The molecule has 0 aliphatic heterocycles. The molecule has 118 valence electrons. The van der Waals surface area contributed by atoms with E-state index >= 15 is 0 Å². The van der Waals surface area contributed by atoms with Gasteiger partial charge in [0.1, 0.15) is 0 Å². The lowest BCUT2D eigenvalue weighted by atomic mass is 9.92. The highest BCUT2D eigenvalue weighted by molar-refractivity contribution is 5.69. The van der Waals surface area contributed by atoms with Gasteiger partial charge in [-0.25, -0.2) is 0 Å². The summed E-state index contributed by atoms with van der Waals surface area (Å²) in [6.07, 6.45) is -16.1. The molecule has 0 heterocycles. The highest BCUT2D eigenvalue weighted by Crippen LogP contribution is 2.45. The van der Waals surface area contributed by atoms with Crippen LogP contribution in [0.25, 0.3) is 5.57 Å². The molecule has 0 amide bonds. The highest BCUT2D eigenvalue weighted by Gasteiger charge is 2.44. The molecule has 1 rings (SSSR count). The summed E-state index contributed by atoms with van der Waals surface area (Å²) in [6.45, 7) is 3.84. The molecular weight excluding hydrogens is 315 g/mol. The minimum atomic E-state index is -5.38. The normalized spacial score (nSPS) is 13.4. The second kappa shape index (κ2) is 4.96. The number of hydrogen-bond donors (Lipinski definition) is 0. The Hall–Kier alpha value is -1.67. The van der Waals surface area contributed by atoms with E-state index in [1.54, 1.807) is 0 Å². The first-order valence-electron chi connectivity index (χ1n) is 5.21. The van der Waals surface area contributed by atoms with Gasteiger partial charge in [-0.05, 0) is 24.6 Å². The van der Waals surface area contributed by atoms with Crippen molar-refractivity contribution < 1.29 is 39.5 Å². The molecule has 0 saturated carbocycles. The van der Waals surface area contributed by atoms with E-state index in [4.69, 9.17) is 0 Å². The quantitative estimate of drug-likeness (QED) is 0.575. The van der Waals surface area contributed by atoms with Crippen molar-refractivity contribution in [1.82, 2.24) is 0 Å². The van der Waals surface area contributed by atoms with Gasteiger partial charge in [0, 0.05) is 5.56 Å². The largest absolute Gasteiger partial charge is 0.417 e. The third kappa shape index (κ3) is 3.70. The van der Waals surface area contributed by atoms with E-state index in [0.717, 1.165) is 6.92 Å². The van der Waals surface area contributed by atoms with Gasteiger partial charge < -0.3 is 0 Å². The van der Waals surface area contributed by atoms with Crippen molar-refractivity contribution in [3.63, 3.8) is 0 Å². The van der Waals surface area contributed by atoms with E-state index in [0.29, 0.717) is 0 Å². The maximum absolute atomic E-state index is 12.8. The first kappa shape index (κ1) is 17.4. The summed E-state index contributed by atoms with van der Waals surface area (Å²) in [5, 5.41) is 0. The van der Waals surface area contributed by atoms with Gasteiger partial charge >= 0.3 is 18.5 Å². The second-order valence-corrected chi connectivity index (χ2v) is 4.22.